The molecule has 1 aromatic carbocycles. The Labute approximate surface area is 114 Å². The first-order chi connectivity index (χ1) is 9.49. The lowest BCUT2D eigenvalue weighted by molar-refractivity contribution is -0.119. The van der Waals surface area contributed by atoms with Crippen LogP contribution in [0, 0.1) is 0 Å². The van der Waals surface area contributed by atoms with Crippen molar-refractivity contribution < 1.29 is 19.8 Å². The molecule has 0 spiro atoms. The molecule has 104 valence electrons. The second kappa shape index (κ2) is 5.43. The van der Waals surface area contributed by atoms with E-state index in [1.54, 1.807) is 25.4 Å². The number of anilines is 1. The second-order valence-corrected chi connectivity index (χ2v) is 4.19. The summed E-state index contributed by atoms with van der Waals surface area (Å²) in [6.07, 6.45) is 3.23. The van der Waals surface area contributed by atoms with Crippen molar-refractivity contribution in [2.45, 2.75) is 13.0 Å². The van der Waals surface area contributed by atoms with E-state index in [9.17, 15) is 14.7 Å². The lowest BCUT2D eigenvalue weighted by atomic mass is 10.2. The highest BCUT2D eigenvalue weighted by Gasteiger charge is 2.16. The van der Waals surface area contributed by atoms with Crippen LogP contribution in [0.3, 0.4) is 0 Å². The molecule has 0 aliphatic rings. The summed E-state index contributed by atoms with van der Waals surface area (Å²) in [5, 5.41) is 24.9. The minimum atomic E-state index is -1.23. The van der Waals surface area contributed by atoms with Crippen molar-refractivity contribution in [2.24, 2.45) is 0 Å². The van der Waals surface area contributed by atoms with Crippen LogP contribution >= 0.6 is 0 Å². The Kier molecular flexibility index (Phi) is 3.69. The maximum atomic E-state index is 12.0. The van der Waals surface area contributed by atoms with Gasteiger partial charge in [-0.2, -0.15) is 5.10 Å². The van der Waals surface area contributed by atoms with Gasteiger partial charge in [0.1, 0.15) is 17.4 Å². The van der Waals surface area contributed by atoms with Crippen molar-refractivity contribution in [1.29, 1.82) is 0 Å². The standard InChI is InChI=1S/C13H13N3O4/c1-8(16-6-2-5-14-16)12(18)15-9-3-4-10(13(19)20)11(17)7-9/h2-8,17H,1H3,(H,15,18)(H,19,20). The number of nitrogens with one attached hydrogen (secondary N) is 1. The number of benzene rings is 1. The molecule has 0 saturated heterocycles. The molecular formula is C13H13N3O4. The van der Waals surface area contributed by atoms with Gasteiger partial charge in [-0.05, 0) is 25.1 Å². The van der Waals surface area contributed by atoms with E-state index in [1.165, 1.54) is 22.9 Å². The molecule has 3 N–H and O–H groups in total. The zero-order valence-electron chi connectivity index (χ0n) is 10.6. The van der Waals surface area contributed by atoms with Gasteiger partial charge in [-0.25, -0.2) is 4.79 Å². The fourth-order valence-corrected chi connectivity index (χ4v) is 1.67. The smallest absolute Gasteiger partial charge is 0.339 e. The molecule has 0 fully saturated rings. The molecule has 7 nitrogen and oxygen atoms in total. The summed E-state index contributed by atoms with van der Waals surface area (Å²) in [5.74, 6) is -1.96. The number of aromatic nitrogens is 2. The van der Waals surface area contributed by atoms with Gasteiger partial charge in [0.25, 0.3) is 0 Å². The number of aromatic carboxylic acids is 1. The summed E-state index contributed by atoms with van der Waals surface area (Å²) in [5.41, 5.74) is 0.0969. The van der Waals surface area contributed by atoms with Crippen molar-refractivity contribution in [1.82, 2.24) is 9.78 Å². The molecule has 0 radical (unpaired) electrons. The third-order valence-electron chi connectivity index (χ3n) is 2.80. The molecular weight excluding hydrogens is 262 g/mol. The number of rotatable bonds is 4. The van der Waals surface area contributed by atoms with Gasteiger partial charge in [0.2, 0.25) is 5.91 Å². The van der Waals surface area contributed by atoms with Crippen LogP contribution < -0.4 is 5.32 Å². The molecule has 1 unspecified atom stereocenters. The Balaban J connectivity index is 2.12. The van der Waals surface area contributed by atoms with Gasteiger partial charge in [-0.3, -0.25) is 9.48 Å². The number of carbonyl (C=O) groups is 2. The van der Waals surface area contributed by atoms with Gasteiger partial charge in [-0.15, -0.1) is 0 Å². The van der Waals surface area contributed by atoms with Gasteiger partial charge in [0.05, 0.1) is 0 Å². The summed E-state index contributed by atoms with van der Waals surface area (Å²) in [6.45, 7) is 1.67. The van der Waals surface area contributed by atoms with Crippen LogP contribution in [-0.4, -0.2) is 31.9 Å². The molecule has 0 aliphatic carbocycles. The number of hydrogen-bond acceptors (Lipinski definition) is 4. The summed E-state index contributed by atoms with van der Waals surface area (Å²) in [6, 6.07) is 5.02. The maximum absolute atomic E-state index is 12.0. The highest BCUT2D eigenvalue weighted by molar-refractivity contribution is 5.95. The van der Waals surface area contributed by atoms with E-state index < -0.39 is 17.8 Å². The Morgan fingerprint density at radius 2 is 2.15 bits per heavy atom. The van der Waals surface area contributed by atoms with Crippen LogP contribution in [0.5, 0.6) is 5.75 Å². The predicted molar refractivity (Wildman–Crippen MR) is 70.6 cm³/mol. The lowest BCUT2D eigenvalue weighted by Crippen LogP contribution is -2.24. The fourth-order valence-electron chi connectivity index (χ4n) is 1.67. The van der Waals surface area contributed by atoms with Crippen LogP contribution in [0.25, 0.3) is 0 Å². The van der Waals surface area contributed by atoms with E-state index in [1.807, 2.05) is 0 Å². The molecule has 1 aromatic heterocycles. The number of hydrogen-bond donors (Lipinski definition) is 3. The summed E-state index contributed by atoms with van der Waals surface area (Å²) < 4.78 is 1.49. The molecule has 0 aliphatic heterocycles. The van der Waals surface area contributed by atoms with Crippen molar-refractivity contribution >= 4 is 17.6 Å². The van der Waals surface area contributed by atoms with E-state index in [2.05, 4.69) is 10.4 Å². The van der Waals surface area contributed by atoms with Gasteiger partial charge in [0, 0.05) is 24.1 Å². The van der Waals surface area contributed by atoms with E-state index in [-0.39, 0.29) is 11.5 Å². The number of carboxylic acid groups (broad SMARTS) is 1. The van der Waals surface area contributed by atoms with Crippen LogP contribution in [0.4, 0.5) is 5.69 Å². The average Bonchev–Trinajstić information content (AvgIpc) is 2.91. The number of carbonyl (C=O) groups excluding carboxylic acids is 1. The number of carboxylic acids is 1. The van der Waals surface area contributed by atoms with E-state index in [0.717, 1.165) is 0 Å². The number of phenols is 1. The summed E-state index contributed by atoms with van der Waals surface area (Å²) >= 11 is 0. The highest BCUT2D eigenvalue weighted by atomic mass is 16.4. The third-order valence-corrected chi connectivity index (χ3v) is 2.80. The van der Waals surface area contributed by atoms with Crippen LogP contribution in [0.1, 0.15) is 23.3 Å². The Morgan fingerprint density at radius 1 is 1.40 bits per heavy atom. The molecule has 1 heterocycles. The van der Waals surface area contributed by atoms with E-state index in [4.69, 9.17) is 5.11 Å². The zero-order chi connectivity index (χ0) is 14.7. The maximum Gasteiger partial charge on any atom is 0.339 e. The zero-order valence-corrected chi connectivity index (χ0v) is 10.6. The molecule has 20 heavy (non-hydrogen) atoms. The number of amides is 1. The summed E-state index contributed by atoms with van der Waals surface area (Å²) in [4.78, 5) is 22.7. The molecule has 0 saturated carbocycles. The first-order valence-corrected chi connectivity index (χ1v) is 5.85. The van der Waals surface area contributed by atoms with Crippen molar-refractivity contribution in [2.75, 3.05) is 5.32 Å². The number of nitrogens with zero attached hydrogens (tertiary/aromatic N) is 2. The van der Waals surface area contributed by atoms with Crippen LogP contribution in [-0.2, 0) is 4.79 Å². The van der Waals surface area contributed by atoms with Gasteiger partial charge in [-0.1, -0.05) is 0 Å². The van der Waals surface area contributed by atoms with Crippen molar-refractivity contribution in [3.05, 3.63) is 42.2 Å². The second-order valence-electron chi connectivity index (χ2n) is 4.19. The van der Waals surface area contributed by atoms with Gasteiger partial charge < -0.3 is 15.5 Å². The van der Waals surface area contributed by atoms with Crippen LogP contribution in [0.15, 0.2) is 36.7 Å². The molecule has 7 heteroatoms. The van der Waals surface area contributed by atoms with Crippen molar-refractivity contribution in [3.8, 4) is 5.75 Å². The third kappa shape index (κ3) is 2.77. The molecule has 1 atom stereocenters. The Bertz CT molecular complexity index is 637. The first kappa shape index (κ1) is 13.6. The monoisotopic (exact) mass is 275 g/mol. The van der Waals surface area contributed by atoms with Gasteiger partial charge in [0.15, 0.2) is 0 Å². The first-order valence-electron chi connectivity index (χ1n) is 5.85. The van der Waals surface area contributed by atoms with Crippen LogP contribution in [0.2, 0.25) is 0 Å². The average molecular weight is 275 g/mol. The highest BCUT2D eigenvalue weighted by Crippen LogP contribution is 2.22. The molecule has 1 amide bonds. The lowest BCUT2D eigenvalue weighted by Gasteiger charge is -2.13. The number of aromatic hydroxyl groups is 1. The minimum absolute atomic E-state index is 0.219. The van der Waals surface area contributed by atoms with Crippen molar-refractivity contribution in [3.63, 3.8) is 0 Å². The van der Waals surface area contributed by atoms with E-state index >= 15 is 0 Å². The molecule has 2 aromatic rings. The topological polar surface area (TPSA) is 104 Å². The largest absolute Gasteiger partial charge is 0.507 e. The normalized spacial score (nSPS) is 11.8. The SMILES string of the molecule is CC(C(=O)Nc1ccc(C(=O)O)c(O)c1)n1cccn1. The quantitative estimate of drug-likeness (QED) is 0.784. The fraction of sp³-hybridized carbons (Fsp3) is 0.154. The molecule has 0 bridgehead atoms. The Hall–Kier alpha value is -2.83. The molecule has 2 rings (SSSR count). The summed E-state index contributed by atoms with van der Waals surface area (Å²) in [7, 11) is 0. The minimum Gasteiger partial charge on any atom is -0.507 e. The van der Waals surface area contributed by atoms with E-state index in [0.29, 0.717) is 5.69 Å². The predicted octanol–water partition coefficient (Wildman–Crippen LogP) is 1.49. The van der Waals surface area contributed by atoms with Gasteiger partial charge >= 0.3 is 5.97 Å². The Morgan fingerprint density at radius 3 is 2.70 bits per heavy atom.